The molecule has 0 heterocycles. The summed E-state index contributed by atoms with van der Waals surface area (Å²) in [6.07, 6.45) is 0. The molecule has 0 aliphatic rings. The smallest absolute Gasteiger partial charge is 0.262 e. The van der Waals surface area contributed by atoms with Crippen LogP contribution < -0.4 is 10.0 Å². The Bertz CT molecular complexity index is 853. The second kappa shape index (κ2) is 7.65. The van der Waals surface area contributed by atoms with Crippen molar-refractivity contribution in [1.82, 2.24) is 0 Å². The van der Waals surface area contributed by atoms with Gasteiger partial charge in [-0.15, -0.1) is 0 Å². The summed E-state index contributed by atoms with van der Waals surface area (Å²) in [5.41, 5.74) is 1.28. The first-order valence-electron chi connectivity index (χ1n) is 6.99. The maximum atomic E-state index is 12.6. The van der Waals surface area contributed by atoms with E-state index in [1.165, 1.54) is 19.2 Å². The summed E-state index contributed by atoms with van der Waals surface area (Å²) in [5, 5.41) is 3.00. The fourth-order valence-corrected chi connectivity index (χ4v) is 3.57. The topological polar surface area (TPSA) is 84.5 Å². The Morgan fingerprint density at radius 3 is 2.58 bits per heavy atom. The van der Waals surface area contributed by atoms with E-state index >= 15 is 0 Å². The predicted molar refractivity (Wildman–Crippen MR) is 93.9 cm³/mol. The van der Waals surface area contributed by atoms with Crippen molar-refractivity contribution in [3.63, 3.8) is 0 Å². The molecule has 2 N–H and O–H groups in total. The van der Waals surface area contributed by atoms with Gasteiger partial charge in [-0.25, -0.2) is 8.42 Å². The van der Waals surface area contributed by atoms with E-state index in [-0.39, 0.29) is 17.4 Å². The van der Waals surface area contributed by atoms with Gasteiger partial charge in [0.2, 0.25) is 5.91 Å². The second-order valence-corrected chi connectivity index (χ2v) is 7.16. The standard InChI is InChI=1S/C16H17ClN2O4S/c1-11-6-7-13(18-16(20)10-23-2)9-15(11)24(21,22)19-14-5-3-4-12(17)8-14/h3-9,19H,10H2,1-2H3,(H,18,20). The molecule has 8 heteroatoms. The van der Waals surface area contributed by atoms with E-state index in [1.807, 2.05) is 0 Å². The summed E-state index contributed by atoms with van der Waals surface area (Å²) >= 11 is 5.87. The van der Waals surface area contributed by atoms with E-state index in [0.717, 1.165) is 0 Å². The molecule has 2 rings (SSSR count). The fourth-order valence-electron chi connectivity index (χ4n) is 2.06. The molecule has 0 bridgehead atoms. The maximum absolute atomic E-state index is 12.6. The minimum absolute atomic E-state index is 0.0673. The van der Waals surface area contributed by atoms with Gasteiger partial charge in [-0.2, -0.15) is 0 Å². The van der Waals surface area contributed by atoms with Crippen LogP contribution >= 0.6 is 11.6 Å². The first-order chi connectivity index (χ1) is 11.3. The molecular formula is C16H17ClN2O4S. The average molecular weight is 369 g/mol. The molecule has 2 aromatic carbocycles. The van der Waals surface area contributed by atoms with Gasteiger partial charge in [0, 0.05) is 17.8 Å². The van der Waals surface area contributed by atoms with E-state index in [4.69, 9.17) is 16.3 Å². The Hall–Kier alpha value is -2.09. The normalized spacial score (nSPS) is 11.1. The van der Waals surface area contributed by atoms with E-state index in [0.29, 0.717) is 22.0 Å². The highest BCUT2D eigenvalue weighted by molar-refractivity contribution is 7.92. The molecule has 0 aliphatic heterocycles. The largest absolute Gasteiger partial charge is 0.375 e. The molecule has 128 valence electrons. The van der Waals surface area contributed by atoms with Gasteiger partial charge in [-0.3, -0.25) is 9.52 Å². The lowest BCUT2D eigenvalue weighted by molar-refractivity contribution is -0.119. The quantitative estimate of drug-likeness (QED) is 0.820. The highest BCUT2D eigenvalue weighted by atomic mass is 35.5. The number of hydrogen-bond donors (Lipinski definition) is 2. The summed E-state index contributed by atoms with van der Waals surface area (Å²) in [6.45, 7) is 1.56. The van der Waals surface area contributed by atoms with Crippen LogP contribution in [0, 0.1) is 6.92 Å². The first kappa shape index (κ1) is 18.3. The first-order valence-corrected chi connectivity index (χ1v) is 8.86. The van der Waals surface area contributed by atoms with Gasteiger partial charge < -0.3 is 10.1 Å². The van der Waals surface area contributed by atoms with Crippen LogP contribution in [0.3, 0.4) is 0 Å². The van der Waals surface area contributed by atoms with Gasteiger partial charge in [-0.1, -0.05) is 23.7 Å². The number of benzene rings is 2. The van der Waals surface area contributed by atoms with Crippen molar-refractivity contribution in [2.75, 3.05) is 23.8 Å². The van der Waals surface area contributed by atoms with Crippen LogP contribution in [0.4, 0.5) is 11.4 Å². The number of amides is 1. The fraction of sp³-hybridized carbons (Fsp3) is 0.188. The zero-order valence-electron chi connectivity index (χ0n) is 13.2. The Kier molecular flexibility index (Phi) is 5.82. The number of rotatable bonds is 6. The second-order valence-electron chi connectivity index (χ2n) is 5.08. The Morgan fingerprint density at radius 2 is 1.92 bits per heavy atom. The lowest BCUT2D eigenvalue weighted by Crippen LogP contribution is -2.18. The van der Waals surface area contributed by atoms with Gasteiger partial charge in [0.05, 0.1) is 10.6 Å². The molecule has 0 saturated carbocycles. The number of carbonyl (C=O) groups excluding carboxylic acids is 1. The van der Waals surface area contributed by atoms with Crippen LogP contribution in [0.2, 0.25) is 5.02 Å². The third kappa shape index (κ3) is 4.70. The number of nitrogens with one attached hydrogen (secondary N) is 2. The summed E-state index contributed by atoms with van der Waals surface area (Å²) in [7, 11) is -2.42. The summed E-state index contributed by atoms with van der Waals surface area (Å²) < 4.78 is 32.4. The lowest BCUT2D eigenvalue weighted by Gasteiger charge is -2.13. The molecule has 0 radical (unpaired) electrons. The third-order valence-electron chi connectivity index (χ3n) is 3.11. The number of anilines is 2. The lowest BCUT2D eigenvalue weighted by atomic mass is 10.2. The van der Waals surface area contributed by atoms with Crippen LogP contribution in [-0.4, -0.2) is 28.0 Å². The zero-order valence-corrected chi connectivity index (χ0v) is 14.7. The number of hydrogen-bond acceptors (Lipinski definition) is 4. The predicted octanol–water partition coefficient (Wildman–Crippen LogP) is 3.03. The summed E-state index contributed by atoms with van der Waals surface area (Å²) in [5.74, 6) is -0.368. The van der Waals surface area contributed by atoms with Gasteiger partial charge >= 0.3 is 0 Å². The van der Waals surface area contributed by atoms with Crippen LogP contribution in [0.15, 0.2) is 47.4 Å². The Morgan fingerprint density at radius 1 is 1.17 bits per heavy atom. The Balaban J connectivity index is 2.30. The van der Waals surface area contributed by atoms with Crippen molar-refractivity contribution in [2.45, 2.75) is 11.8 Å². The van der Waals surface area contributed by atoms with Crippen molar-refractivity contribution >= 4 is 38.9 Å². The van der Waals surface area contributed by atoms with Crippen molar-refractivity contribution in [3.05, 3.63) is 53.1 Å². The minimum Gasteiger partial charge on any atom is -0.375 e. The number of carbonyl (C=O) groups is 1. The molecule has 6 nitrogen and oxygen atoms in total. The molecule has 1 amide bonds. The molecule has 0 atom stereocenters. The number of aryl methyl sites for hydroxylation is 1. The van der Waals surface area contributed by atoms with Crippen molar-refractivity contribution in [2.24, 2.45) is 0 Å². The maximum Gasteiger partial charge on any atom is 0.262 e. The van der Waals surface area contributed by atoms with Crippen LogP contribution in [0.25, 0.3) is 0 Å². The molecule has 0 spiro atoms. The SMILES string of the molecule is COCC(=O)Nc1ccc(C)c(S(=O)(=O)Nc2cccc(Cl)c2)c1. The zero-order chi connectivity index (χ0) is 17.7. The minimum atomic E-state index is -3.82. The van der Waals surface area contributed by atoms with Crippen LogP contribution in [-0.2, 0) is 19.6 Å². The van der Waals surface area contributed by atoms with Gasteiger partial charge in [-0.05, 0) is 42.8 Å². The van der Waals surface area contributed by atoms with E-state index < -0.39 is 10.0 Å². The monoisotopic (exact) mass is 368 g/mol. The number of methoxy groups -OCH3 is 1. The number of ether oxygens (including phenoxy) is 1. The van der Waals surface area contributed by atoms with Crippen molar-refractivity contribution in [3.8, 4) is 0 Å². The molecule has 0 fully saturated rings. The van der Waals surface area contributed by atoms with Crippen LogP contribution in [0.5, 0.6) is 0 Å². The molecule has 0 aromatic heterocycles. The van der Waals surface area contributed by atoms with Crippen LogP contribution in [0.1, 0.15) is 5.56 Å². The van der Waals surface area contributed by atoms with Crippen molar-refractivity contribution < 1.29 is 17.9 Å². The third-order valence-corrected chi connectivity index (χ3v) is 4.87. The molecule has 0 aliphatic carbocycles. The van der Waals surface area contributed by atoms with Gasteiger partial charge in [0.15, 0.2) is 0 Å². The molecule has 2 aromatic rings. The summed E-state index contributed by atoms with van der Waals surface area (Å²) in [6, 6.07) is 11.1. The number of halogens is 1. The highest BCUT2D eigenvalue weighted by Gasteiger charge is 2.18. The van der Waals surface area contributed by atoms with E-state index in [2.05, 4.69) is 10.0 Å². The van der Waals surface area contributed by atoms with Gasteiger partial charge in [0.1, 0.15) is 6.61 Å². The summed E-state index contributed by atoms with van der Waals surface area (Å²) in [4.78, 5) is 11.6. The molecular weight excluding hydrogens is 352 g/mol. The van der Waals surface area contributed by atoms with Gasteiger partial charge in [0.25, 0.3) is 10.0 Å². The Labute approximate surface area is 145 Å². The average Bonchev–Trinajstić information content (AvgIpc) is 2.49. The molecule has 24 heavy (non-hydrogen) atoms. The number of sulfonamides is 1. The molecule has 0 unspecified atom stereocenters. The van der Waals surface area contributed by atoms with E-state index in [9.17, 15) is 13.2 Å². The van der Waals surface area contributed by atoms with E-state index in [1.54, 1.807) is 37.3 Å². The highest BCUT2D eigenvalue weighted by Crippen LogP contribution is 2.24. The molecule has 0 saturated heterocycles. The van der Waals surface area contributed by atoms with Crippen molar-refractivity contribution in [1.29, 1.82) is 0 Å².